The van der Waals surface area contributed by atoms with E-state index in [1.807, 2.05) is 11.3 Å². The third kappa shape index (κ3) is 1.60. The Balaban J connectivity index is 1.96. The van der Waals surface area contributed by atoms with Crippen molar-refractivity contribution in [1.29, 1.82) is 0 Å². The Kier molecular flexibility index (Phi) is 2.58. The van der Waals surface area contributed by atoms with E-state index < -0.39 is 0 Å². The third-order valence-corrected chi connectivity index (χ3v) is 5.61. The molecule has 0 spiro atoms. The van der Waals surface area contributed by atoms with Gasteiger partial charge in [0.2, 0.25) is 0 Å². The molecule has 0 unspecified atom stereocenters. The summed E-state index contributed by atoms with van der Waals surface area (Å²) in [7, 11) is 0. The molecule has 0 radical (unpaired) electrons. The normalized spacial score (nSPS) is 12.3. The fourth-order valence-corrected chi connectivity index (χ4v) is 4.27. The van der Waals surface area contributed by atoms with Crippen LogP contribution in [0.5, 0.6) is 0 Å². The van der Waals surface area contributed by atoms with E-state index in [9.17, 15) is 0 Å². The molecule has 0 nitrogen and oxygen atoms in total. The molecule has 0 aliphatic heterocycles. The van der Waals surface area contributed by atoms with Crippen molar-refractivity contribution < 1.29 is 0 Å². The average molecular weight is 276 g/mol. The monoisotopic (exact) mass is 276 g/mol. The summed E-state index contributed by atoms with van der Waals surface area (Å²) < 4.78 is 0. The van der Waals surface area contributed by atoms with Gasteiger partial charge in [0.15, 0.2) is 0 Å². The van der Waals surface area contributed by atoms with E-state index in [0.717, 1.165) is 6.42 Å². The van der Waals surface area contributed by atoms with Gasteiger partial charge in [0.1, 0.15) is 0 Å². The molecule has 1 aromatic heterocycles. The van der Waals surface area contributed by atoms with Gasteiger partial charge in [-0.25, -0.2) is 0 Å². The topological polar surface area (TPSA) is 0 Å². The number of rotatable bonds is 1. The van der Waals surface area contributed by atoms with Gasteiger partial charge in [0.05, 0.1) is 0 Å². The van der Waals surface area contributed by atoms with Crippen LogP contribution in [0.4, 0.5) is 0 Å². The Morgan fingerprint density at radius 2 is 1.60 bits per heavy atom. The summed E-state index contributed by atoms with van der Waals surface area (Å²) in [6, 6.07) is 15.5. The standard InChI is InChI=1S/C19H16S/c1-12-11-20-19(13(12)2)17-9-5-8-16-15-7-4-3-6-14(15)10-18(16)17/h3-9,11H,10H2,1-2H3. The zero-order chi connectivity index (χ0) is 13.7. The first-order valence-electron chi connectivity index (χ1n) is 7.01. The first-order valence-corrected chi connectivity index (χ1v) is 7.89. The minimum atomic E-state index is 1.07. The largest absolute Gasteiger partial charge is 0.143 e. The summed E-state index contributed by atoms with van der Waals surface area (Å²) in [5, 5.41) is 2.27. The molecule has 0 saturated carbocycles. The summed E-state index contributed by atoms with van der Waals surface area (Å²) >= 11 is 1.87. The Morgan fingerprint density at radius 3 is 2.40 bits per heavy atom. The van der Waals surface area contributed by atoms with Gasteiger partial charge in [0.25, 0.3) is 0 Å². The van der Waals surface area contributed by atoms with Crippen molar-refractivity contribution in [2.24, 2.45) is 0 Å². The second kappa shape index (κ2) is 4.32. The highest BCUT2D eigenvalue weighted by Crippen LogP contribution is 2.43. The van der Waals surface area contributed by atoms with E-state index in [2.05, 4.69) is 61.7 Å². The number of aryl methyl sites for hydroxylation is 1. The minimum absolute atomic E-state index is 1.07. The zero-order valence-corrected chi connectivity index (χ0v) is 12.6. The van der Waals surface area contributed by atoms with E-state index in [4.69, 9.17) is 0 Å². The molecule has 1 aliphatic carbocycles. The van der Waals surface area contributed by atoms with E-state index in [1.54, 1.807) is 0 Å². The SMILES string of the molecule is Cc1csc(-c2cccc3c2Cc2ccccc2-3)c1C. The number of thiophene rings is 1. The van der Waals surface area contributed by atoms with Crippen molar-refractivity contribution in [3.63, 3.8) is 0 Å². The zero-order valence-electron chi connectivity index (χ0n) is 11.7. The second-order valence-corrected chi connectivity index (χ2v) is 6.42. The molecule has 98 valence electrons. The van der Waals surface area contributed by atoms with Gasteiger partial charge in [0, 0.05) is 4.88 Å². The maximum absolute atomic E-state index is 2.28. The van der Waals surface area contributed by atoms with Crippen LogP contribution in [0.3, 0.4) is 0 Å². The lowest BCUT2D eigenvalue weighted by atomic mass is 9.98. The highest BCUT2D eigenvalue weighted by atomic mass is 32.1. The van der Waals surface area contributed by atoms with Crippen molar-refractivity contribution in [3.05, 3.63) is 70.1 Å². The molecule has 0 N–H and O–H groups in total. The lowest BCUT2D eigenvalue weighted by molar-refractivity contribution is 1.26. The Labute approximate surface area is 123 Å². The molecule has 0 saturated heterocycles. The molecule has 1 heterocycles. The predicted octanol–water partition coefficient (Wildman–Crippen LogP) is 5.60. The highest BCUT2D eigenvalue weighted by molar-refractivity contribution is 7.14. The summed E-state index contributed by atoms with van der Waals surface area (Å²) in [6.45, 7) is 4.44. The first-order chi connectivity index (χ1) is 9.75. The van der Waals surface area contributed by atoms with E-state index in [0.29, 0.717) is 0 Å². The van der Waals surface area contributed by atoms with Gasteiger partial charge in [-0.3, -0.25) is 0 Å². The van der Waals surface area contributed by atoms with Crippen molar-refractivity contribution in [3.8, 4) is 21.6 Å². The number of hydrogen-bond acceptors (Lipinski definition) is 1. The van der Waals surface area contributed by atoms with Crippen LogP contribution >= 0.6 is 11.3 Å². The fourth-order valence-electron chi connectivity index (χ4n) is 3.14. The van der Waals surface area contributed by atoms with E-state index in [-0.39, 0.29) is 0 Å². The second-order valence-electron chi connectivity index (χ2n) is 5.54. The Morgan fingerprint density at radius 1 is 0.850 bits per heavy atom. The van der Waals surface area contributed by atoms with Crippen molar-refractivity contribution >= 4 is 11.3 Å². The molecule has 20 heavy (non-hydrogen) atoms. The molecule has 1 heteroatoms. The van der Waals surface area contributed by atoms with Crippen LogP contribution in [-0.4, -0.2) is 0 Å². The van der Waals surface area contributed by atoms with Gasteiger partial charge in [-0.1, -0.05) is 42.5 Å². The van der Waals surface area contributed by atoms with Gasteiger partial charge in [-0.2, -0.15) is 0 Å². The molecule has 0 fully saturated rings. The van der Waals surface area contributed by atoms with Crippen molar-refractivity contribution in [2.45, 2.75) is 20.3 Å². The van der Waals surface area contributed by atoms with Crippen LogP contribution in [0.1, 0.15) is 22.3 Å². The summed E-state index contributed by atoms with van der Waals surface area (Å²) in [6.07, 6.45) is 1.07. The van der Waals surface area contributed by atoms with E-state index >= 15 is 0 Å². The number of benzene rings is 2. The maximum atomic E-state index is 2.28. The smallest absolute Gasteiger partial charge is 0.0377 e. The van der Waals surface area contributed by atoms with Crippen molar-refractivity contribution in [1.82, 2.24) is 0 Å². The minimum Gasteiger partial charge on any atom is -0.143 e. The molecule has 4 rings (SSSR count). The van der Waals surface area contributed by atoms with E-state index in [1.165, 1.54) is 43.8 Å². The molecular weight excluding hydrogens is 260 g/mol. The number of hydrogen-bond donors (Lipinski definition) is 0. The molecule has 0 atom stereocenters. The van der Waals surface area contributed by atoms with Gasteiger partial charge < -0.3 is 0 Å². The average Bonchev–Trinajstić information content (AvgIpc) is 3.01. The summed E-state index contributed by atoms with van der Waals surface area (Å²) in [5.74, 6) is 0. The Bertz CT molecular complexity index is 808. The molecule has 0 amide bonds. The number of fused-ring (bicyclic) bond motifs is 3. The van der Waals surface area contributed by atoms with Crippen LogP contribution in [0.15, 0.2) is 47.8 Å². The fraction of sp³-hybridized carbons (Fsp3) is 0.158. The predicted molar refractivity (Wildman–Crippen MR) is 87.5 cm³/mol. The molecule has 3 aromatic rings. The maximum Gasteiger partial charge on any atom is 0.0377 e. The summed E-state index contributed by atoms with van der Waals surface area (Å²) in [5.41, 5.74) is 10.0. The van der Waals surface area contributed by atoms with Crippen LogP contribution < -0.4 is 0 Å². The quantitative estimate of drug-likeness (QED) is 0.424. The highest BCUT2D eigenvalue weighted by Gasteiger charge is 2.22. The molecular formula is C19H16S. The lowest BCUT2D eigenvalue weighted by Crippen LogP contribution is -1.87. The van der Waals surface area contributed by atoms with Gasteiger partial charge in [-0.05, 0) is 64.6 Å². The molecule has 2 aromatic carbocycles. The van der Waals surface area contributed by atoms with Gasteiger partial charge >= 0.3 is 0 Å². The molecule has 1 aliphatic rings. The van der Waals surface area contributed by atoms with Crippen LogP contribution in [0.2, 0.25) is 0 Å². The summed E-state index contributed by atoms with van der Waals surface area (Å²) in [4.78, 5) is 1.44. The van der Waals surface area contributed by atoms with Crippen molar-refractivity contribution in [2.75, 3.05) is 0 Å². The first kappa shape index (κ1) is 11.9. The molecule has 0 bridgehead atoms. The van der Waals surface area contributed by atoms with Crippen LogP contribution in [0, 0.1) is 13.8 Å². The Hall–Kier alpha value is -1.86. The van der Waals surface area contributed by atoms with Gasteiger partial charge in [-0.15, -0.1) is 11.3 Å². The van der Waals surface area contributed by atoms with Crippen LogP contribution in [-0.2, 0) is 6.42 Å². The third-order valence-electron chi connectivity index (χ3n) is 4.38. The van der Waals surface area contributed by atoms with Crippen LogP contribution in [0.25, 0.3) is 21.6 Å². The lowest BCUT2D eigenvalue weighted by Gasteiger charge is -2.08.